The molecule has 3 heteroatoms. The van der Waals surface area contributed by atoms with Crippen molar-refractivity contribution in [3.63, 3.8) is 0 Å². The van der Waals surface area contributed by atoms with Crippen LogP contribution in [0.2, 0.25) is 0 Å². The van der Waals surface area contributed by atoms with E-state index in [4.69, 9.17) is 5.73 Å². The van der Waals surface area contributed by atoms with E-state index in [0.717, 1.165) is 18.9 Å². The third kappa shape index (κ3) is 2.87. The molecule has 1 saturated carbocycles. The van der Waals surface area contributed by atoms with Crippen LogP contribution >= 0.6 is 0 Å². The minimum absolute atomic E-state index is 0.0457. The number of fused-ring (bicyclic) bond motifs is 1. The van der Waals surface area contributed by atoms with Crippen LogP contribution in [0.5, 0.6) is 0 Å². The number of carbonyl (C=O) groups is 1. The Kier molecular flexibility index (Phi) is 4.66. The highest BCUT2D eigenvalue weighted by Crippen LogP contribution is 2.37. The molecule has 0 aromatic heterocycles. The molecule has 0 bridgehead atoms. The van der Waals surface area contributed by atoms with Crippen molar-refractivity contribution < 1.29 is 4.79 Å². The molecule has 3 nitrogen and oxygen atoms in total. The van der Waals surface area contributed by atoms with Gasteiger partial charge in [0.15, 0.2) is 0 Å². The topological polar surface area (TPSA) is 46.3 Å². The van der Waals surface area contributed by atoms with Crippen LogP contribution in [0.1, 0.15) is 52.4 Å². The van der Waals surface area contributed by atoms with Crippen LogP contribution in [0.4, 0.5) is 0 Å². The predicted molar refractivity (Wildman–Crippen MR) is 74.1 cm³/mol. The first-order chi connectivity index (χ1) is 8.63. The van der Waals surface area contributed by atoms with Gasteiger partial charge in [0.2, 0.25) is 5.91 Å². The standard InChI is InChI=1S/C15H28N2O/c1-11(2)9-13(10-16)15(18)17-8-4-6-12-5-3-7-14(12)17/h11-14H,3-10,16H2,1-2H3. The highest BCUT2D eigenvalue weighted by molar-refractivity contribution is 5.79. The second kappa shape index (κ2) is 6.05. The summed E-state index contributed by atoms with van der Waals surface area (Å²) in [5.41, 5.74) is 5.82. The van der Waals surface area contributed by atoms with E-state index >= 15 is 0 Å². The molecule has 0 aromatic rings. The van der Waals surface area contributed by atoms with Crippen LogP contribution in [0.15, 0.2) is 0 Å². The van der Waals surface area contributed by atoms with Crippen molar-refractivity contribution in [2.75, 3.05) is 13.1 Å². The molecule has 0 spiro atoms. The Balaban J connectivity index is 2.02. The molecule has 1 aliphatic heterocycles. The number of likely N-dealkylation sites (tertiary alicyclic amines) is 1. The smallest absolute Gasteiger partial charge is 0.227 e. The molecule has 1 heterocycles. The van der Waals surface area contributed by atoms with Crippen molar-refractivity contribution in [2.45, 2.75) is 58.4 Å². The number of piperidine rings is 1. The lowest BCUT2D eigenvalue weighted by molar-refractivity contribution is -0.140. The lowest BCUT2D eigenvalue weighted by atomic mass is 9.89. The predicted octanol–water partition coefficient (Wildman–Crippen LogP) is 2.40. The van der Waals surface area contributed by atoms with Crippen LogP contribution in [0.3, 0.4) is 0 Å². The lowest BCUT2D eigenvalue weighted by Gasteiger charge is -2.39. The van der Waals surface area contributed by atoms with Crippen LogP contribution in [0.25, 0.3) is 0 Å². The van der Waals surface area contributed by atoms with Crippen LogP contribution < -0.4 is 5.73 Å². The fraction of sp³-hybridized carbons (Fsp3) is 0.933. The Labute approximate surface area is 111 Å². The zero-order chi connectivity index (χ0) is 13.1. The number of hydrogen-bond donors (Lipinski definition) is 1. The molecule has 1 aliphatic carbocycles. The molecule has 2 aliphatic rings. The molecule has 0 aromatic carbocycles. The first-order valence-corrected chi connectivity index (χ1v) is 7.64. The number of carbonyl (C=O) groups excluding carboxylic acids is 1. The number of nitrogens with two attached hydrogens (primary N) is 1. The first kappa shape index (κ1) is 13.9. The fourth-order valence-corrected chi connectivity index (χ4v) is 3.83. The Morgan fingerprint density at radius 1 is 1.28 bits per heavy atom. The van der Waals surface area contributed by atoms with Gasteiger partial charge in [0.25, 0.3) is 0 Å². The van der Waals surface area contributed by atoms with E-state index in [0.29, 0.717) is 24.4 Å². The molecule has 3 atom stereocenters. The third-order valence-corrected chi connectivity index (χ3v) is 4.67. The van der Waals surface area contributed by atoms with Crippen LogP contribution in [0, 0.1) is 17.8 Å². The van der Waals surface area contributed by atoms with E-state index in [9.17, 15) is 4.79 Å². The Bertz CT molecular complexity index is 290. The van der Waals surface area contributed by atoms with Gasteiger partial charge in [-0.05, 0) is 43.9 Å². The molecule has 3 unspecified atom stereocenters. The number of hydrogen-bond acceptors (Lipinski definition) is 2. The summed E-state index contributed by atoms with van der Waals surface area (Å²) in [4.78, 5) is 14.8. The second-order valence-electron chi connectivity index (χ2n) is 6.49. The summed E-state index contributed by atoms with van der Waals surface area (Å²) in [7, 11) is 0. The minimum Gasteiger partial charge on any atom is -0.339 e. The largest absolute Gasteiger partial charge is 0.339 e. The molecule has 2 rings (SSSR count). The zero-order valence-electron chi connectivity index (χ0n) is 11.9. The van der Waals surface area contributed by atoms with Crippen molar-refractivity contribution in [2.24, 2.45) is 23.5 Å². The third-order valence-electron chi connectivity index (χ3n) is 4.67. The van der Waals surface area contributed by atoms with Gasteiger partial charge in [0.05, 0.1) is 5.92 Å². The maximum Gasteiger partial charge on any atom is 0.227 e. The number of nitrogens with zero attached hydrogens (tertiary/aromatic N) is 1. The van der Waals surface area contributed by atoms with E-state index in [2.05, 4.69) is 18.7 Å². The van der Waals surface area contributed by atoms with Gasteiger partial charge in [-0.25, -0.2) is 0 Å². The SMILES string of the molecule is CC(C)CC(CN)C(=O)N1CCCC2CCCC21. The summed E-state index contributed by atoms with van der Waals surface area (Å²) in [6.07, 6.45) is 7.29. The normalized spacial score (nSPS) is 29.4. The molecular weight excluding hydrogens is 224 g/mol. The summed E-state index contributed by atoms with van der Waals surface area (Å²) >= 11 is 0. The van der Waals surface area contributed by atoms with Crippen LogP contribution in [-0.4, -0.2) is 29.9 Å². The highest BCUT2D eigenvalue weighted by Gasteiger charge is 2.38. The lowest BCUT2D eigenvalue weighted by Crippen LogP contribution is -2.49. The summed E-state index contributed by atoms with van der Waals surface area (Å²) in [5.74, 6) is 1.71. The Morgan fingerprint density at radius 2 is 2.00 bits per heavy atom. The summed E-state index contributed by atoms with van der Waals surface area (Å²) < 4.78 is 0. The molecular formula is C15H28N2O. The average molecular weight is 252 g/mol. The fourth-order valence-electron chi connectivity index (χ4n) is 3.83. The van der Waals surface area contributed by atoms with E-state index in [1.807, 2.05) is 0 Å². The number of amides is 1. The van der Waals surface area contributed by atoms with Gasteiger partial charge in [-0.1, -0.05) is 20.3 Å². The molecule has 2 fully saturated rings. The summed E-state index contributed by atoms with van der Waals surface area (Å²) in [5, 5.41) is 0. The van der Waals surface area contributed by atoms with Crippen molar-refractivity contribution in [3.05, 3.63) is 0 Å². The van der Waals surface area contributed by atoms with Gasteiger partial charge in [0, 0.05) is 19.1 Å². The monoisotopic (exact) mass is 252 g/mol. The quantitative estimate of drug-likeness (QED) is 0.835. The van der Waals surface area contributed by atoms with Gasteiger partial charge in [-0.2, -0.15) is 0 Å². The zero-order valence-corrected chi connectivity index (χ0v) is 11.9. The molecule has 18 heavy (non-hydrogen) atoms. The summed E-state index contributed by atoms with van der Waals surface area (Å²) in [6, 6.07) is 0.535. The molecule has 2 N–H and O–H groups in total. The highest BCUT2D eigenvalue weighted by atomic mass is 16.2. The average Bonchev–Trinajstić information content (AvgIpc) is 2.82. The van der Waals surface area contributed by atoms with E-state index in [1.54, 1.807) is 0 Å². The summed E-state index contributed by atoms with van der Waals surface area (Å²) in [6.45, 7) is 5.81. The molecule has 1 saturated heterocycles. The van der Waals surface area contributed by atoms with E-state index in [-0.39, 0.29) is 5.92 Å². The molecule has 0 radical (unpaired) electrons. The number of rotatable bonds is 4. The van der Waals surface area contributed by atoms with E-state index in [1.165, 1.54) is 32.1 Å². The Hall–Kier alpha value is -0.570. The van der Waals surface area contributed by atoms with Gasteiger partial charge in [-0.15, -0.1) is 0 Å². The van der Waals surface area contributed by atoms with Crippen molar-refractivity contribution >= 4 is 5.91 Å². The van der Waals surface area contributed by atoms with Gasteiger partial charge in [0.1, 0.15) is 0 Å². The van der Waals surface area contributed by atoms with Gasteiger partial charge < -0.3 is 10.6 Å². The van der Waals surface area contributed by atoms with E-state index < -0.39 is 0 Å². The van der Waals surface area contributed by atoms with Crippen molar-refractivity contribution in [3.8, 4) is 0 Å². The van der Waals surface area contributed by atoms with Crippen molar-refractivity contribution in [1.82, 2.24) is 4.90 Å². The maximum atomic E-state index is 12.7. The Morgan fingerprint density at radius 3 is 2.67 bits per heavy atom. The second-order valence-corrected chi connectivity index (χ2v) is 6.49. The van der Waals surface area contributed by atoms with Gasteiger partial charge in [-0.3, -0.25) is 4.79 Å². The molecule has 1 amide bonds. The first-order valence-electron chi connectivity index (χ1n) is 7.64. The molecule has 104 valence electrons. The van der Waals surface area contributed by atoms with Crippen molar-refractivity contribution in [1.29, 1.82) is 0 Å². The van der Waals surface area contributed by atoms with Gasteiger partial charge >= 0.3 is 0 Å². The minimum atomic E-state index is 0.0457. The van der Waals surface area contributed by atoms with Crippen LogP contribution in [-0.2, 0) is 4.79 Å². The maximum absolute atomic E-state index is 12.7.